The molecule has 0 aromatic heterocycles. The van der Waals surface area contributed by atoms with Gasteiger partial charge in [0.2, 0.25) is 0 Å². The normalized spacial score (nSPS) is 9.71. The smallest absolute Gasteiger partial charge is 0.414 e. The number of amides is 1. The van der Waals surface area contributed by atoms with E-state index in [1.165, 1.54) is 4.90 Å². The summed E-state index contributed by atoms with van der Waals surface area (Å²) in [5, 5.41) is 29.4. The predicted molar refractivity (Wildman–Crippen MR) is 88.6 cm³/mol. The van der Waals surface area contributed by atoms with Gasteiger partial charge in [0, 0.05) is 18.4 Å². The van der Waals surface area contributed by atoms with Crippen molar-refractivity contribution in [2.45, 2.75) is 26.4 Å². The number of benzene rings is 1. The molecule has 1 amide bonds. The second-order valence-corrected chi connectivity index (χ2v) is 5.80. The second kappa shape index (κ2) is 7.67. The molecule has 0 bridgehead atoms. The molecular weight excluding hydrogens is 306 g/mol. The number of carbonyl (C=O) groups is 1. The molecule has 0 radical (unpaired) electrons. The lowest BCUT2D eigenvalue weighted by molar-refractivity contribution is 0.0589. The maximum atomic E-state index is 12.1. The van der Waals surface area contributed by atoms with Crippen molar-refractivity contribution in [3.8, 4) is 18.2 Å². The Hall–Kier alpha value is -3.50. The van der Waals surface area contributed by atoms with Crippen LogP contribution in [-0.2, 0) is 4.74 Å². The zero-order valence-corrected chi connectivity index (χ0v) is 13.9. The van der Waals surface area contributed by atoms with Crippen molar-refractivity contribution in [1.29, 1.82) is 15.8 Å². The Balaban J connectivity index is 3.06. The summed E-state index contributed by atoms with van der Waals surface area (Å²) < 4.78 is 5.29. The first-order chi connectivity index (χ1) is 11.2. The van der Waals surface area contributed by atoms with Gasteiger partial charge in [-0.05, 0) is 39.0 Å². The molecule has 0 aliphatic rings. The summed E-state index contributed by atoms with van der Waals surface area (Å²) in [7, 11) is 1.56. The van der Waals surface area contributed by atoms with Crippen molar-refractivity contribution in [3.05, 3.63) is 35.5 Å². The summed E-state index contributed by atoms with van der Waals surface area (Å²) in [6.45, 7) is 5.31. The van der Waals surface area contributed by atoms with E-state index in [0.29, 0.717) is 11.4 Å². The van der Waals surface area contributed by atoms with Crippen LogP contribution in [0.25, 0.3) is 0 Å². The van der Waals surface area contributed by atoms with Crippen LogP contribution < -0.4 is 10.2 Å². The third-order valence-corrected chi connectivity index (χ3v) is 2.76. The molecule has 24 heavy (non-hydrogen) atoms. The highest BCUT2D eigenvalue weighted by Gasteiger charge is 2.20. The number of carbonyl (C=O) groups excluding carboxylic acids is 1. The summed E-state index contributed by atoms with van der Waals surface area (Å²) >= 11 is 0. The predicted octanol–water partition coefficient (Wildman–Crippen LogP) is 3.29. The molecule has 0 saturated carbocycles. The maximum Gasteiger partial charge on any atom is 0.414 e. The molecule has 0 saturated heterocycles. The summed E-state index contributed by atoms with van der Waals surface area (Å²) in [4.78, 5) is 13.4. The first-order valence-electron chi connectivity index (χ1n) is 7.00. The van der Waals surface area contributed by atoms with Crippen molar-refractivity contribution in [2.75, 3.05) is 17.3 Å². The van der Waals surface area contributed by atoms with Crippen LogP contribution in [-0.4, -0.2) is 18.7 Å². The highest BCUT2D eigenvalue weighted by atomic mass is 16.6. The molecular formula is C17H17N5O2. The van der Waals surface area contributed by atoms with Crippen LogP contribution in [0.3, 0.4) is 0 Å². The third-order valence-electron chi connectivity index (χ3n) is 2.76. The average Bonchev–Trinajstić information content (AvgIpc) is 2.52. The molecule has 0 aliphatic carbocycles. The molecule has 0 unspecified atom stereocenters. The standard InChI is InChI=1S/C17H17N5O2/c1-17(2,3)24-16(23)22(4)14-7-5-6-13(8-14)21-15(11-20)12(9-18)10-19/h5-8,21H,1-4H3. The van der Waals surface area contributed by atoms with Crippen molar-refractivity contribution in [1.82, 2.24) is 0 Å². The fourth-order valence-corrected chi connectivity index (χ4v) is 1.66. The van der Waals surface area contributed by atoms with Crippen LogP contribution in [0.2, 0.25) is 0 Å². The Morgan fingerprint density at radius 1 is 1.17 bits per heavy atom. The number of hydrogen-bond donors (Lipinski definition) is 1. The van der Waals surface area contributed by atoms with E-state index >= 15 is 0 Å². The van der Waals surface area contributed by atoms with Crippen LogP contribution >= 0.6 is 0 Å². The van der Waals surface area contributed by atoms with E-state index in [4.69, 9.17) is 20.5 Å². The highest BCUT2D eigenvalue weighted by molar-refractivity contribution is 5.88. The van der Waals surface area contributed by atoms with Gasteiger partial charge in [0.25, 0.3) is 0 Å². The SMILES string of the molecule is CN(C(=O)OC(C)(C)C)c1cccc(NC(C#N)=C(C#N)C#N)c1. The van der Waals surface area contributed by atoms with E-state index in [1.54, 1.807) is 70.3 Å². The van der Waals surface area contributed by atoms with Gasteiger partial charge in [-0.25, -0.2) is 4.79 Å². The molecule has 1 N–H and O–H groups in total. The van der Waals surface area contributed by atoms with Gasteiger partial charge in [-0.1, -0.05) is 6.07 Å². The van der Waals surface area contributed by atoms with Crippen LogP contribution in [0.1, 0.15) is 20.8 Å². The highest BCUT2D eigenvalue weighted by Crippen LogP contribution is 2.22. The zero-order chi connectivity index (χ0) is 18.3. The number of rotatable bonds is 3. The fraction of sp³-hybridized carbons (Fsp3) is 0.294. The van der Waals surface area contributed by atoms with Crippen LogP contribution in [0.4, 0.5) is 16.2 Å². The van der Waals surface area contributed by atoms with Gasteiger partial charge in [-0.3, -0.25) is 4.90 Å². The Morgan fingerprint density at radius 3 is 2.29 bits per heavy atom. The largest absolute Gasteiger partial charge is 0.443 e. The quantitative estimate of drug-likeness (QED) is 0.854. The minimum Gasteiger partial charge on any atom is -0.443 e. The zero-order valence-electron chi connectivity index (χ0n) is 13.9. The summed E-state index contributed by atoms with van der Waals surface area (Å²) in [6.07, 6.45) is -0.523. The molecule has 7 heteroatoms. The number of nitrogens with zero attached hydrogens (tertiary/aromatic N) is 4. The first kappa shape index (κ1) is 18.5. The Morgan fingerprint density at radius 2 is 1.79 bits per heavy atom. The monoisotopic (exact) mass is 323 g/mol. The molecule has 0 spiro atoms. The van der Waals surface area contributed by atoms with Crippen LogP contribution in [0.15, 0.2) is 35.5 Å². The minimum absolute atomic E-state index is 0.155. The molecule has 122 valence electrons. The first-order valence-corrected chi connectivity index (χ1v) is 7.00. The van der Waals surface area contributed by atoms with Gasteiger partial charge in [0.05, 0.1) is 0 Å². The third kappa shape index (κ3) is 5.05. The lowest BCUT2D eigenvalue weighted by Crippen LogP contribution is -2.34. The van der Waals surface area contributed by atoms with Gasteiger partial charge in [0.1, 0.15) is 29.5 Å². The van der Waals surface area contributed by atoms with Crippen LogP contribution in [0, 0.1) is 34.0 Å². The molecule has 0 fully saturated rings. The summed E-state index contributed by atoms with van der Waals surface area (Å²) in [5.74, 6) is 0. The number of allylic oxidation sites excluding steroid dienone is 2. The average molecular weight is 323 g/mol. The van der Waals surface area contributed by atoms with Crippen molar-refractivity contribution >= 4 is 17.5 Å². The number of hydrogen-bond acceptors (Lipinski definition) is 6. The van der Waals surface area contributed by atoms with Crippen molar-refractivity contribution < 1.29 is 9.53 Å². The summed E-state index contributed by atoms with van der Waals surface area (Å²) in [6, 6.07) is 11.7. The Bertz CT molecular complexity index is 769. The number of nitriles is 3. The van der Waals surface area contributed by atoms with Crippen molar-refractivity contribution in [3.63, 3.8) is 0 Å². The van der Waals surface area contributed by atoms with E-state index in [-0.39, 0.29) is 11.3 Å². The number of anilines is 2. The van der Waals surface area contributed by atoms with E-state index in [2.05, 4.69) is 5.32 Å². The maximum absolute atomic E-state index is 12.1. The molecule has 0 atom stereocenters. The van der Waals surface area contributed by atoms with Gasteiger partial charge in [-0.15, -0.1) is 0 Å². The van der Waals surface area contributed by atoms with Crippen LogP contribution in [0.5, 0.6) is 0 Å². The van der Waals surface area contributed by atoms with E-state index in [1.807, 2.05) is 0 Å². The number of ether oxygens (including phenoxy) is 1. The Kier molecular flexibility index (Phi) is 5.93. The second-order valence-electron chi connectivity index (χ2n) is 5.80. The van der Waals surface area contributed by atoms with Gasteiger partial charge in [-0.2, -0.15) is 15.8 Å². The van der Waals surface area contributed by atoms with Gasteiger partial charge < -0.3 is 10.1 Å². The molecule has 0 aliphatic heterocycles. The fourth-order valence-electron chi connectivity index (χ4n) is 1.66. The number of nitrogens with one attached hydrogen (secondary N) is 1. The van der Waals surface area contributed by atoms with E-state index in [0.717, 1.165) is 0 Å². The van der Waals surface area contributed by atoms with Gasteiger partial charge >= 0.3 is 6.09 Å². The van der Waals surface area contributed by atoms with Crippen molar-refractivity contribution in [2.24, 2.45) is 0 Å². The lowest BCUT2D eigenvalue weighted by Gasteiger charge is -2.25. The molecule has 1 aromatic rings. The lowest BCUT2D eigenvalue weighted by atomic mass is 10.2. The summed E-state index contributed by atoms with van der Waals surface area (Å²) in [5.41, 5.74) is -0.100. The topological polar surface area (TPSA) is 113 Å². The minimum atomic E-state index is -0.619. The van der Waals surface area contributed by atoms with Gasteiger partial charge in [0.15, 0.2) is 5.57 Å². The Labute approximate surface area is 141 Å². The molecule has 1 rings (SSSR count). The molecule has 1 aromatic carbocycles. The van der Waals surface area contributed by atoms with E-state index in [9.17, 15) is 4.79 Å². The van der Waals surface area contributed by atoms with E-state index < -0.39 is 11.7 Å². The molecule has 7 nitrogen and oxygen atoms in total. The molecule has 0 heterocycles.